The van der Waals surface area contributed by atoms with Crippen molar-refractivity contribution >= 4 is 12.1 Å². The van der Waals surface area contributed by atoms with Crippen LogP contribution in [0.25, 0.3) is 5.82 Å². The predicted molar refractivity (Wildman–Crippen MR) is 126 cm³/mol. The molecule has 11 heteroatoms. The predicted octanol–water partition coefficient (Wildman–Crippen LogP) is 2.98. The monoisotopic (exact) mass is 490 g/mol. The van der Waals surface area contributed by atoms with Crippen molar-refractivity contribution in [1.82, 2.24) is 24.6 Å². The van der Waals surface area contributed by atoms with Gasteiger partial charge in [-0.15, -0.1) is 0 Å². The van der Waals surface area contributed by atoms with E-state index < -0.39 is 17.8 Å². The van der Waals surface area contributed by atoms with Gasteiger partial charge in [-0.05, 0) is 44.9 Å². The van der Waals surface area contributed by atoms with Gasteiger partial charge in [0.1, 0.15) is 18.3 Å². The zero-order valence-electron chi connectivity index (χ0n) is 20.4. The highest BCUT2D eigenvalue weighted by molar-refractivity contribution is 5.94. The summed E-state index contributed by atoms with van der Waals surface area (Å²) in [6, 6.07) is 5.23. The normalized spacial score (nSPS) is 13.5. The molecule has 1 amide bonds. The minimum absolute atomic E-state index is 0.0504. The lowest BCUT2D eigenvalue weighted by Gasteiger charge is -2.29. The number of fused-ring (bicyclic) bond motifs is 1. The number of aromatic nitrogens is 4. The van der Waals surface area contributed by atoms with Crippen LogP contribution < -0.4 is 0 Å². The number of carbonyl (C=O) groups excluding carboxylic acids is 2. The molecule has 4 rings (SSSR count). The van der Waals surface area contributed by atoms with Crippen LogP contribution in [0.2, 0.25) is 0 Å². The van der Waals surface area contributed by atoms with Gasteiger partial charge in [0, 0.05) is 17.3 Å². The molecule has 1 aliphatic heterocycles. The van der Waals surface area contributed by atoms with Crippen LogP contribution in [-0.2, 0) is 22.6 Å². The van der Waals surface area contributed by atoms with Crippen LogP contribution in [0.5, 0.6) is 0 Å². The molecule has 1 N–H and O–H groups in total. The van der Waals surface area contributed by atoms with E-state index in [-0.39, 0.29) is 31.4 Å². The molecular formula is C25H26N6O5. The van der Waals surface area contributed by atoms with E-state index in [0.717, 1.165) is 11.1 Å². The van der Waals surface area contributed by atoms with Gasteiger partial charge in [0.15, 0.2) is 11.5 Å². The highest BCUT2D eigenvalue weighted by Crippen LogP contribution is 2.30. The molecule has 0 bridgehead atoms. The molecule has 0 fully saturated rings. The maximum absolute atomic E-state index is 13.0. The van der Waals surface area contributed by atoms with Gasteiger partial charge in [0.25, 0.3) is 0 Å². The number of cyclic esters (lactones) is 1. The van der Waals surface area contributed by atoms with E-state index in [1.807, 2.05) is 13.0 Å². The summed E-state index contributed by atoms with van der Waals surface area (Å²) in [6.07, 6.45) is 4.41. The lowest BCUT2D eigenvalue weighted by atomic mass is 9.95. The number of esters is 1. The van der Waals surface area contributed by atoms with Crippen LogP contribution in [0.3, 0.4) is 0 Å². The zero-order chi connectivity index (χ0) is 26.0. The van der Waals surface area contributed by atoms with Crippen LogP contribution >= 0.6 is 0 Å². The first-order valence-electron chi connectivity index (χ1n) is 11.3. The number of ether oxygens (including phenoxy) is 2. The molecular weight excluding hydrogens is 464 g/mol. The van der Waals surface area contributed by atoms with E-state index in [9.17, 15) is 14.7 Å². The molecule has 3 aromatic rings. The number of benzene rings is 1. The summed E-state index contributed by atoms with van der Waals surface area (Å²) in [7, 11) is 0. The van der Waals surface area contributed by atoms with Crippen LogP contribution in [0.1, 0.15) is 65.2 Å². The SMILES string of the molecule is Cc1c([C@@H](O)CN(Cc2cnn(-c3cnc(C#N)cn3)c2)C(=O)OC(C)(C)C)ccc2c1COC2=O. The molecule has 36 heavy (non-hydrogen) atoms. The van der Waals surface area contributed by atoms with Crippen molar-refractivity contribution in [2.45, 2.75) is 52.6 Å². The van der Waals surface area contributed by atoms with Gasteiger partial charge in [-0.1, -0.05) is 6.07 Å². The Morgan fingerprint density at radius 2 is 2.08 bits per heavy atom. The number of hydrogen-bond donors (Lipinski definition) is 1. The molecule has 0 spiro atoms. The van der Waals surface area contributed by atoms with Crippen LogP contribution in [0.4, 0.5) is 4.79 Å². The Balaban J connectivity index is 1.56. The summed E-state index contributed by atoms with van der Waals surface area (Å²) in [6.45, 7) is 7.34. The number of amides is 1. The average molecular weight is 491 g/mol. The molecule has 0 saturated heterocycles. The van der Waals surface area contributed by atoms with Crippen molar-refractivity contribution in [2.24, 2.45) is 0 Å². The number of aliphatic hydroxyl groups is 1. The second-order valence-corrected chi connectivity index (χ2v) is 9.42. The molecule has 11 nitrogen and oxygen atoms in total. The first-order valence-corrected chi connectivity index (χ1v) is 11.3. The van der Waals surface area contributed by atoms with Crippen molar-refractivity contribution in [3.8, 4) is 11.9 Å². The number of nitriles is 1. The fraction of sp³-hybridized carbons (Fsp3) is 0.360. The molecule has 3 heterocycles. The third-order valence-electron chi connectivity index (χ3n) is 5.61. The number of hydrogen-bond acceptors (Lipinski definition) is 9. The van der Waals surface area contributed by atoms with E-state index in [0.29, 0.717) is 22.5 Å². The van der Waals surface area contributed by atoms with Crippen molar-refractivity contribution in [3.05, 3.63) is 70.4 Å². The number of carbonyl (C=O) groups is 2. The van der Waals surface area contributed by atoms with Crippen LogP contribution in [-0.4, -0.2) is 54.0 Å². The van der Waals surface area contributed by atoms with Crippen molar-refractivity contribution in [3.63, 3.8) is 0 Å². The number of aliphatic hydroxyl groups excluding tert-OH is 1. The largest absolute Gasteiger partial charge is 0.457 e. The zero-order valence-corrected chi connectivity index (χ0v) is 20.4. The van der Waals surface area contributed by atoms with Crippen LogP contribution in [0.15, 0.2) is 36.9 Å². The summed E-state index contributed by atoms with van der Waals surface area (Å²) in [4.78, 5) is 34.4. The Morgan fingerprint density at radius 3 is 2.75 bits per heavy atom. The fourth-order valence-electron chi connectivity index (χ4n) is 3.85. The van der Waals surface area contributed by atoms with Crippen molar-refractivity contribution < 1.29 is 24.2 Å². The summed E-state index contributed by atoms with van der Waals surface area (Å²) in [5.74, 6) is 0.0307. The topological polar surface area (TPSA) is 143 Å². The van der Waals surface area contributed by atoms with Gasteiger partial charge < -0.3 is 19.5 Å². The minimum Gasteiger partial charge on any atom is -0.457 e. The molecule has 1 aromatic carbocycles. The molecule has 0 saturated carbocycles. The maximum atomic E-state index is 13.0. The Hall–Kier alpha value is -4.30. The first-order chi connectivity index (χ1) is 17.1. The van der Waals surface area contributed by atoms with Gasteiger partial charge in [-0.3, -0.25) is 0 Å². The summed E-state index contributed by atoms with van der Waals surface area (Å²) >= 11 is 0. The van der Waals surface area contributed by atoms with E-state index in [1.165, 1.54) is 22.0 Å². The van der Waals surface area contributed by atoms with Gasteiger partial charge in [-0.2, -0.15) is 10.4 Å². The van der Waals surface area contributed by atoms with Crippen molar-refractivity contribution in [1.29, 1.82) is 5.26 Å². The molecule has 1 atom stereocenters. The minimum atomic E-state index is -1.03. The van der Waals surface area contributed by atoms with Crippen molar-refractivity contribution in [2.75, 3.05) is 6.54 Å². The third-order valence-corrected chi connectivity index (χ3v) is 5.61. The Morgan fingerprint density at radius 1 is 1.31 bits per heavy atom. The van der Waals surface area contributed by atoms with Crippen LogP contribution in [0, 0.1) is 18.3 Å². The highest BCUT2D eigenvalue weighted by atomic mass is 16.6. The quantitative estimate of drug-likeness (QED) is 0.516. The van der Waals surface area contributed by atoms with E-state index >= 15 is 0 Å². The Kier molecular flexibility index (Phi) is 6.72. The average Bonchev–Trinajstić information content (AvgIpc) is 3.45. The van der Waals surface area contributed by atoms with E-state index in [1.54, 1.807) is 45.3 Å². The van der Waals surface area contributed by atoms with E-state index in [4.69, 9.17) is 14.7 Å². The van der Waals surface area contributed by atoms with Gasteiger partial charge in [0.2, 0.25) is 0 Å². The summed E-state index contributed by atoms with van der Waals surface area (Å²) < 4.78 is 12.2. The van der Waals surface area contributed by atoms with E-state index in [2.05, 4.69) is 15.1 Å². The number of rotatable bonds is 6. The number of nitrogens with zero attached hydrogens (tertiary/aromatic N) is 6. The Bertz CT molecular complexity index is 1340. The lowest BCUT2D eigenvalue weighted by Crippen LogP contribution is -2.38. The van der Waals surface area contributed by atoms with Gasteiger partial charge in [-0.25, -0.2) is 24.2 Å². The summed E-state index contributed by atoms with van der Waals surface area (Å²) in [5.41, 5.74) is 2.71. The summed E-state index contributed by atoms with van der Waals surface area (Å²) in [5, 5.41) is 24.3. The molecule has 0 unspecified atom stereocenters. The molecule has 0 aliphatic carbocycles. The second kappa shape index (κ2) is 9.75. The maximum Gasteiger partial charge on any atom is 0.410 e. The lowest BCUT2D eigenvalue weighted by molar-refractivity contribution is 0.0123. The standard InChI is InChI=1S/C25H26N6O5/c1-15-18(5-6-19-20(15)14-35-23(19)33)21(32)13-30(24(34)36-25(2,3)4)11-16-8-29-31(12-16)22-10-27-17(7-26)9-28-22/h5-6,8-10,12,21,32H,11,13-14H2,1-4H3/t21-/m0/s1. The van der Waals surface area contributed by atoms with Gasteiger partial charge in [0.05, 0.1) is 43.3 Å². The second-order valence-electron chi connectivity index (χ2n) is 9.42. The fourth-order valence-corrected chi connectivity index (χ4v) is 3.85. The molecule has 0 radical (unpaired) electrons. The molecule has 1 aliphatic rings. The molecule has 2 aromatic heterocycles. The molecule has 186 valence electrons. The first kappa shape index (κ1) is 24.8. The third kappa shape index (κ3) is 5.34. The van der Waals surface area contributed by atoms with Gasteiger partial charge >= 0.3 is 12.1 Å². The smallest absolute Gasteiger partial charge is 0.410 e. The Labute approximate surface area is 207 Å². The highest BCUT2D eigenvalue weighted by Gasteiger charge is 2.29.